The van der Waals surface area contributed by atoms with Crippen LogP contribution in [0.1, 0.15) is 47.8 Å². The Bertz CT molecular complexity index is 1550. The van der Waals surface area contributed by atoms with Crippen molar-refractivity contribution < 1.29 is 9.59 Å². The lowest BCUT2D eigenvalue weighted by Crippen LogP contribution is -2.33. The quantitative estimate of drug-likeness (QED) is 0.215. The minimum atomic E-state index is -0.519. The highest BCUT2D eigenvalue weighted by atomic mass is 35.5. The monoisotopic (exact) mass is 596 g/mol. The molecule has 0 bridgehead atoms. The van der Waals surface area contributed by atoms with E-state index >= 15 is 0 Å². The van der Waals surface area contributed by atoms with Gasteiger partial charge in [-0.25, -0.2) is 15.0 Å². The predicted molar refractivity (Wildman–Crippen MR) is 163 cm³/mol. The van der Waals surface area contributed by atoms with Gasteiger partial charge >= 0.3 is 0 Å². The number of H-pyrrole nitrogens is 1. The normalized spacial score (nSPS) is 14.2. The zero-order valence-corrected chi connectivity index (χ0v) is 24.7. The van der Waals surface area contributed by atoms with E-state index in [9.17, 15) is 9.59 Å². The molecule has 2 aromatic carbocycles. The van der Waals surface area contributed by atoms with E-state index in [2.05, 4.69) is 35.5 Å². The van der Waals surface area contributed by atoms with Crippen molar-refractivity contribution in [2.24, 2.45) is 0 Å². The van der Waals surface area contributed by atoms with Gasteiger partial charge < -0.3 is 25.4 Å². The van der Waals surface area contributed by atoms with Gasteiger partial charge in [0.25, 0.3) is 5.91 Å². The average molecular weight is 598 g/mol. The number of anilines is 1. The molecule has 1 atom stereocenters. The first kappa shape index (κ1) is 29.0. The number of nitrogens with zero attached hydrogens (tertiary/aromatic N) is 5. The first-order valence-electron chi connectivity index (χ1n) is 13.8. The Morgan fingerprint density at radius 3 is 2.66 bits per heavy atom. The van der Waals surface area contributed by atoms with Gasteiger partial charge in [-0.1, -0.05) is 23.2 Å². The van der Waals surface area contributed by atoms with E-state index in [-0.39, 0.29) is 11.8 Å². The maximum absolute atomic E-state index is 13.3. The number of carbonyl (C=O) groups is 2. The molecular weight excluding hydrogens is 563 g/mol. The number of likely N-dealkylation sites (tertiary alicyclic amines) is 1. The Labute approximate surface area is 248 Å². The van der Waals surface area contributed by atoms with Crippen LogP contribution in [-0.2, 0) is 4.79 Å². The van der Waals surface area contributed by atoms with E-state index in [1.54, 1.807) is 24.3 Å². The summed E-state index contributed by atoms with van der Waals surface area (Å²) in [6, 6.07) is 8.88. The second-order valence-electron chi connectivity index (χ2n) is 10.6. The van der Waals surface area contributed by atoms with Gasteiger partial charge in [-0.2, -0.15) is 0 Å². The van der Waals surface area contributed by atoms with Crippen LogP contribution >= 0.6 is 23.2 Å². The van der Waals surface area contributed by atoms with Crippen LogP contribution in [0.2, 0.25) is 10.0 Å². The maximum Gasteiger partial charge on any atom is 0.255 e. The molecule has 216 valence electrons. The van der Waals surface area contributed by atoms with E-state index in [0.717, 1.165) is 49.9 Å². The number of amides is 2. The van der Waals surface area contributed by atoms with E-state index in [4.69, 9.17) is 23.2 Å². The third-order valence-corrected chi connectivity index (χ3v) is 7.81. The Morgan fingerprint density at radius 2 is 1.88 bits per heavy atom. The van der Waals surface area contributed by atoms with Crippen molar-refractivity contribution in [2.45, 2.75) is 31.6 Å². The first-order valence-corrected chi connectivity index (χ1v) is 14.6. The Morgan fingerprint density at radius 1 is 1.07 bits per heavy atom. The van der Waals surface area contributed by atoms with Crippen molar-refractivity contribution in [1.82, 2.24) is 35.1 Å². The molecule has 1 saturated heterocycles. The number of hydrogen-bond acceptors (Lipinski definition) is 7. The first-order chi connectivity index (χ1) is 19.8. The summed E-state index contributed by atoms with van der Waals surface area (Å²) in [7, 11) is 4.01. The number of halogens is 2. The van der Waals surface area contributed by atoms with Gasteiger partial charge in [0, 0.05) is 36.6 Å². The molecule has 12 heteroatoms. The van der Waals surface area contributed by atoms with Gasteiger partial charge in [-0.3, -0.25) is 9.59 Å². The number of aromatic amines is 1. The summed E-state index contributed by atoms with van der Waals surface area (Å²) in [5.74, 6) is 0.466. The minimum Gasteiger partial charge on any atom is -0.369 e. The molecule has 10 nitrogen and oxygen atoms in total. The number of hydrogen-bond donors (Lipinski definition) is 3. The summed E-state index contributed by atoms with van der Waals surface area (Å²) in [5.41, 5.74) is 2.60. The van der Waals surface area contributed by atoms with Crippen molar-refractivity contribution in [1.29, 1.82) is 0 Å². The maximum atomic E-state index is 13.3. The van der Waals surface area contributed by atoms with E-state index in [1.807, 2.05) is 25.1 Å². The van der Waals surface area contributed by atoms with Crippen LogP contribution in [-0.4, -0.2) is 88.4 Å². The van der Waals surface area contributed by atoms with Gasteiger partial charge in [-0.15, -0.1) is 0 Å². The summed E-state index contributed by atoms with van der Waals surface area (Å²) in [4.78, 5) is 47.0. The van der Waals surface area contributed by atoms with Crippen LogP contribution in [0.3, 0.4) is 0 Å². The third-order valence-electron chi connectivity index (χ3n) is 7.26. The second kappa shape index (κ2) is 13.0. The molecule has 41 heavy (non-hydrogen) atoms. The molecule has 4 aromatic rings. The molecule has 1 unspecified atom stereocenters. The number of aromatic nitrogens is 4. The Kier molecular flexibility index (Phi) is 9.22. The molecule has 1 aliphatic heterocycles. The molecule has 3 N–H and O–H groups in total. The number of carbonyl (C=O) groups excluding carboxylic acids is 2. The standard InChI is InChI=1S/C29H34Cl2N8O2/c1-38(2)11-5-9-33-28(40)19(27-36-23-7-6-18(30)14-25(23)37-27)8-10-32-26-21-15-22(31)20(16-24(21)34-17-35-26)29(41)39-12-3-4-13-39/h6-7,14-17,19H,3-5,8-13H2,1-2H3,(H,33,40)(H,36,37)(H,32,34,35). The van der Waals surface area contributed by atoms with Crippen LogP contribution in [0.15, 0.2) is 36.7 Å². The van der Waals surface area contributed by atoms with Gasteiger partial charge in [0.2, 0.25) is 5.91 Å². The molecule has 5 rings (SSSR count). The Hall–Kier alpha value is -3.47. The predicted octanol–water partition coefficient (Wildman–Crippen LogP) is 4.70. The van der Waals surface area contributed by atoms with Crippen LogP contribution in [0.25, 0.3) is 21.9 Å². The largest absolute Gasteiger partial charge is 0.369 e. The van der Waals surface area contributed by atoms with Crippen LogP contribution in [0, 0.1) is 0 Å². The van der Waals surface area contributed by atoms with Crippen molar-refractivity contribution in [3.05, 3.63) is 58.1 Å². The number of fused-ring (bicyclic) bond motifs is 2. The minimum absolute atomic E-state index is 0.0749. The van der Waals surface area contributed by atoms with Crippen molar-refractivity contribution in [2.75, 3.05) is 52.1 Å². The highest BCUT2D eigenvalue weighted by Gasteiger charge is 2.25. The highest BCUT2D eigenvalue weighted by Crippen LogP contribution is 2.29. The van der Waals surface area contributed by atoms with Crippen LogP contribution in [0.5, 0.6) is 0 Å². The molecule has 0 saturated carbocycles. The van der Waals surface area contributed by atoms with Gasteiger partial charge in [0.05, 0.1) is 33.1 Å². The molecule has 3 heterocycles. The molecule has 0 radical (unpaired) electrons. The fourth-order valence-corrected chi connectivity index (χ4v) is 5.51. The second-order valence-corrected chi connectivity index (χ2v) is 11.4. The topological polar surface area (TPSA) is 119 Å². The zero-order valence-electron chi connectivity index (χ0n) is 23.2. The van der Waals surface area contributed by atoms with Crippen molar-refractivity contribution in [3.63, 3.8) is 0 Å². The number of imidazole rings is 1. The van der Waals surface area contributed by atoms with Gasteiger partial charge in [0.1, 0.15) is 18.0 Å². The fraction of sp³-hybridized carbons (Fsp3) is 0.414. The smallest absolute Gasteiger partial charge is 0.255 e. The number of nitrogens with one attached hydrogen (secondary N) is 3. The van der Waals surface area contributed by atoms with E-state index in [1.165, 1.54) is 6.33 Å². The Balaban J connectivity index is 1.32. The van der Waals surface area contributed by atoms with Gasteiger partial charge in [-0.05, 0) is 76.7 Å². The zero-order chi connectivity index (χ0) is 28.9. The third kappa shape index (κ3) is 6.89. The van der Waals surface area contributed by atoms with E-state index < -0.39 is 5.92 Å². The molecule has 2 aromatic heterocycles. The number of benzene rings is 2. The van der Waals surface area contributed by atoms with Gasteiger partial charge in [0.15, 0.2) is 0 Å². The average Bonchev–Trinajstić information content (AvgIpc) is 3.63. The van der Waals surface area contributed by atoms with Crippen LogP contribution in [0.4, 0.5) is 5.82 Å². The molecule has 0 spiro atoms. The summed E-state index contributed by atoms with van der Waals surface area (Å²) in [6.07, 6.45) is 4.77. The lowest BCUT2D eigenvalue weighted by molar-refractivity contribution is -0.122. The van der Waals surface area contributed by atoms with Crippen molar-refractivity contribution >= 4 is 62.8 Å². The summed E-state index contributed by atoms with van der Waals surface area (Å²) in [5, 5.41) is 8.07. The SMILES string of the molecule is CN(C)CCCNC(=O)C(CCNc1ncnc2cc(C(=O)N3CCCC3)c(Cl)cc12)c1nc2ccc(Cl)cc2[nH]1. The van der Waals surface area contributed by atoms with Crippen LogP contribution < -0.4 is 10.6 Å². The molecule has 0 aliphatic carbocycles. The fourth-order valence-electron chi connectivity index (χ4n) is 5.10. The summed E-state index contributed by atoms with van der Waals surface area (Å²) < 4.78 is 0. The lowest BCUT2D eigenvalue weighted by atomic mass is 10.0. The molecule has 1 aliphatic rings. The molecular formula is C29H34Cl2N8O2. The number of rotatable bonds is 11. The summed E-state index contributed by atoms with van der Waals surface area (Å²) in [6.45, 7) is 3.37. The molecule has 2 amide bonds. The molecule has 1 fully saturated rings. The highest BCUT2D eigenvalue weighted by molar-refractivity contribution is 6.35. The van der Waals surface area contributed by atoms with Crippen molar-refractivity contribution in [3.8, 4) is 0 Å². The lowest BCUT2D eigenvalue weighted by Gasteiger charge is -2.18. The van der Waals surface area contributed by atoms with E-state index in [0.29, 0.717) is 57.7 Å². The summed E-state index contributed by atoms with van der Waals surface area (Å²) >= 11 is 12.7.